The van der Waals surface area contributed by atoms with Crippen LogP contribution in [0.3, 0.4) is 0 Å². The molecular weight excluding hydrogens is 575 g/mol. The van der Waals surface area contributed by atoms with Gasteiger partial charge in [-0.2, -0.15) is 0 Å². The molecular formula is C44H29NS. The number of anilines is 3. The van der Waals surface area contributed by atoms with Gasteiger partial charge in [0.15, 0.2) is 0 Å². The third-order valence-electron chi connectivity index (χ3n) is 9.04. The molecule has 0 spiro atoms. The monoisotopic (exact) mass is 603 g/mol. The maximum Gasteiger partial charge on any atom is 0.0547 e. The van der Waals surface area contributed by atoms with E-state index in [1.807, 2.05) is 11.3 Å². The van der Waals surface area contributed by atoms with Crippen LogP contribution in [0.2, 0.25) is 0 Å². The topological polar surface area (TPSA) is 3.24 Å². The van der Waals surface area contributed by atoms with E-state index in [4.69, 9.17) is 0 Å². The van der Waals surface area contributed by atoms with Gasteiger partial charge in [0.25, 0.3) is 0 Å². The van der Waals surface area contributed by atoms with Crippen molar-refractivity contribution in [2.75, 3.05) is 4.90 Å². The van der Waals surface area contributed by atoms with Crippen molar-refractivity contribution in [3.05, 3.63) is 176 Å². The third kappa shape index (κ3) is 4.46. The molecule has 1 nitrogen and oxygen atoms in total. The summed E-state index contributed by atoms with van der Waals surface area (Å²) in [5.74, 6) is 0. The van der Waals surface area contributed by atoms with Gasteiger partial charge in [-0.3, -0.25) is 0 Å². The van der Waals surface area contributed by atoms with Crippen LogP contribution in [0.1, 0.15) is 0 Å². The molecule has 0 fully saturated rings. The average molecular weight is 604 g/mol. The summed E-state index contributed by atoms with van der Waals surface area (Å²) >= 11 is 1.89. The number of fused-ring (bicyclic) bond motifs is 6. The summed E-state index contributed by atoms with van der Waals surface area (Å²) in [4.78, 5) is 2.46. The first-order chi connectivity index (χ1) is 22.8. The Kier molecular flexibility index (Phi) is 6.40. The van der Waals surface area contributed by atoms with Gasteiger partial charge >= 0.3 is 0 Å². The van der Waals surface area contributed by atoms with E-state index in [2.05, 4.69) is 181 Å². The molecule has 0 aliphatic heterocycles. The quantitative estimate of drug-likeness (QED) is 0.189. The number of rotatable bonds is 5. The van der Waals surface area contributed by atoms with E-state index in [0.29, 0.717) is 0 Å². The lowest BCUT2D eigenvalue weighted by molar-refractivity contribution is 1.32. The number of benzene rings is 8. The maximum atomic E-state index is 2.46. The van der Waals surface area contributed by atoms with Crippen LogP contribution in [0.15, 0.2) is 176 Å². The molecule has 0 bridgehead atoms. The molecule has 216 valence electrons. The van der Waals surface area contributed by atoms with Gasteiger partial charge in [-0.15, -0.1) is 11.3 Å². The van der Waals surface area contributed by atoms with Crippen molar-refractivity contribution in [1.29, 1.82) is 0 Å². The normalized spacial score (nSPS) is 11.5. The summed E-state index contributed by atoms with van der Waals surface area (Å²) in [7, 11) is 0. The first-order valence-corrected chi connectivity index (χ1v) is 16.5. The lowest BCUT2D eigenvalue weighted by Gasteiger charge is -2.28. The second-order valence-electron chi connectivity index (χ2n) is 11.7. The highest BCUT2D eigenvalue weighted by Crippen LogP contribution is 2.48. The van der Waals surface area contributed by atoms with Crippen LogP contribution in [-0.4, -0.2) is 0 Å². The predicted octanol–water partition coefficient (Wildman–Crippen LogP) is 13.2. The lowest BCUT2D eigenvalue weighted by atomic mass is 9.99. The summed E-state index contributed by atoms with van der Waals surface area (Å²) in [6, 6.07) is 63.9. The van der Waals surface area contributed by atoms with E-state index >= 15 is 0 Å². The van der Waals surface area contributed by atoms with E-state index in [1.54, 1.807) is 0 Å². The molecule has 0 amide bonds. The van der Waals surface area contributed by atoms with Crippen LogP contribution < -0.4 is 4.90 Å². The lowest BCUT2D eigenvalue weighted by Crippen LogP contribution is -2.11. The van der Waals surface area contributed by atoms with Crippen molar-refractivity contribution in [2.24, 2.45) is 0 Å². The Bertz CT molecular complexity index is 2510. The standard InChI is InChI=1S/C44H29NS/c1-3-12-30(13-4-1)32-22-25-35(26-23-32)45(41-21-11-17-33-16-7-8-18-36(33)41)42-29-40-39-28-34(31-14-5-2-6-15-31)24-27-43(39)46-44(40)38-20-10-9-19-37(38)42/h1-29H. The van der Waals surface area contributed by atoms with Crippen LogP contribution in [0.5, 0.6) is 0 Å². The Morgan fingerprint density at radius 1 is 0.348 bits per heavy atom. The molecule has 0 aliphatic rings. The number of hydrogen-bond donors (Lipinski definition) is 0. The smallest absolute Gasteiger partial charge is 0.0547 e. The zero-order chi connectivity index (χ0) is 30.5. The zero-order valence-electron chi connectivity index (χ0n) is 25.1. The second-order valence-corrected chi connectivity index (χ2v) is 12.8. The first kappa shape index (κ1) is 26.7. The fourth-order valence-corrected chi connectivity index (χ4v) is 8.02. The van der Waals surface area contributed by atoms with Gasteiger partial charge in [0.2, 0.25) is 0 Å². The third-order valence-corrected chi connectivity index (χ3v) is 10.3. The van der Waals surface area contributed by atoms with Gasteiger partial charge in [0.05, 0.1) is 11.4 Å². The van der Waals surface area contributed by atoms with Gasteiger partial charge in [0, 0.05) is 42.0 Å². The minimum atomic E-state index is 1.13. The Hall–Kier alpha value is -5.70. The minimum Gasteiger partial charge on any atom is -0.309 e. The highest BCUT2D eigenvalue weighted by molar-refractivity contribution is 7.26. The van der Waals surface area contributed by atoms with E-state index in [9.17, 15) is 0 Å². The van der Waals surface area contributed by atoms with Crippen molar-refractivity contribution in [1.82, 2.24) is 0 Å². The molecule has 0 N–H and O–H groups in total. The Balaban J connectivity index is 1.33. The minimum absolute atomic E-state index is 1.13. The molecule has 0 unspecified atom stereocenters. The van der Waals surface area contributed by atoms with Crippen LogP contribution >= 0.6 is 11.3 Å². The van der Waals surface area contributed by atoms with Crippen LogP contribution in [0, 0.1) is 0 Å². The number of nitrogens with zero attached hydrogens (tertiary/aromatic N) is 1. The highest BCUT2D eigenvalue weighted by Gasteiger charge is 2.21. The van der Waals surface area contributed by atoms with Crippen LogP contribution in [0.25, 0.3) is 64.0 Å². The Morgan fingerprint density at radius 3 is 1.70 bits per heavy atom. The average Bonchev–Trinajstić information content (AvgIpc) is 3.51. The molecule has 0 radical (unpaired) electrons. The Labute approximate surface area is 272 Å². The molecule has 0 atom stereocenters. The first-order valence-electron chi connectivity index (χ1n) is 15.7. The van der Waals surface area contributed by atoms with Crippen molar-refractivity contribution in [3.63, 3.8) is 0 Å². The molecule has 1 heterocycles. The molecule has 0 saturated carbocycles. The van der Waals surface area contributed by atoms with E-state index in [1.165, 1.54) is 75.3 Å². The molecule has 9 rings (SSSR count). The van der Waals surface area contributed by atoms with Gasteiger partial charge in [0.1, 0.15) is 0 Å². The molecule has 8 aromatic carbocycles. The largest absolute Gasteiger partial charge is 0.309 e. The maximum absolute atomic E-state index is 2.46. The predicted molar refractivity (Wildman–Crippen MR) is 200 cm³/mol. The Morgan fingerprint density at radius 2 is 0.935 bits per heavy atom. The fraction of sp³-hybridized carbons (Fsp3) is 0. The number of thiophene rings is 1. The van der Waals surface area contributed by atoms with E-state index in [-0.39, 0.29) is 0 Å². The molecule has 9 aromatic rings. The van der Waals surface area contributed by atoms with Gasteiger partial charge in [-0.05, 0) is 64.0 Å². The summed E-state index contributed by atoms with van der Waals surface area (Å²) in [6.07, 6.45) is 0. The molecule has 46 heavy (non-hydrogen) atoms. The second kappa shape index (κ2) is 11.0. The van der Waals surface area contributed by atoms with Gasteiger partial charge < -0.3 is 4.90 Å². The fourth-order valence-electron chi connectivity index (χ4n) is 6.82. The SMILES string of the molecule is c1ccc(-c2ccc(N(c3cccc4ccccc34)c3cc4c5cc(-c6ccccc6)ccc5sc4c4ccccc34)cc2)cc1. The van der Waals surface area contributed by atoms with Crippen LogP contribution in [-0.2, 0) is 0 Å². The van der Waals surface area contributed by atoms with Crippen molar-refractivity contribution < 1.29 is 0 Å². The van der Waals surface area contributed by atoms with Crippen molar-refractivity contribution >= 4 is 70.1 Å². The summed E-state index contributed by atoms with van der Waals surface area (Å²) in [5.41, 5.74) is 8.38. The molecule has 2 heteroatoms. The zero-order valence-corrected chi connectivity index (χ0v) is 25.9. The van der Waals surface area contributed by atoms with E-state index in [0.717, 1.165) is 5.69 Å². The number of hydrogen-bond acceptors (Lipinski definition) is 2. The summed E-state index contributed by atoms with van der Waals surface area (Å²) < 4.78 is 2.64. The summed E-state index contributed by atoms with van der Waals surface area (Å²) in [6.45, 7) is 0. The van der Waals surface area contributed by atoms with Crippen molar-refractivity contribution in [2.45, 2.75) is 0 Å². The molecule has 0 aliphatic carbocycles. The molecule has 1 aromatic heterocycles. The summed E-state index contributed by atoms with van der Waals surface area (Å²) in [5, 5.41) is 7.56. The van der Waals surface area contributed by atoms with Gasteiger partial charge in [-0.25, -0.2) is 0 Å². The highest BCUT2D eigenvalue weighted by atomic mass is 32.1. The molecule has 0 saturated heterocycles. The van der Waals surface area contributed by atoms with E-state index < -0.39 is 0 Å². The van der Waals surface area contributed by atoms with Crippen molar-refractivity contribution in [3.8, 4) is 22.3 Å². The van der Waals surface area contributed by atoms with Gasteiger partial charge in [-0.1, -0.05) is 140 Å². The van der Waals surface area contributed by atoms with Crippen LogP contribution in [0.4, 0.5) is 17.1 Å².